The van der Waals surface area contributed by atoms with Crippen molar-refractivity contribution in [3.8, 4) is 0 Å². The zero-order chi connectivity index (χ0) is 14.9. The lowest BCUT2D eigenvalue weighted by atomic mass is 9.85. The van der Waals surface area contributed by atoms with Crippen molar-refractivity contribution in [1.82, 2.24) is 15.5 Å². The van der Waals surface area contributed by atoms with E-state index in [-0.39, 0.29) is 13.2 Å². The Morgan fingerprint density at radius 2 is 2.20 bits per heavy atom. The molecule has 110 valence electrons. The molecule has 2 amide bonds. The molecule has 1 aliphatic rings. The second kappa shape index (κ2) is 5.12. The van der Waals surface area contributed by atoms with Crippen LogP contribution < -0.4 is 10.6 Å². The number of aromatic amines is 1. The molecular formula is C12H18N4O4. The quantitative estimate of drug-likeness (QED) is 0.649. The fourth-order valence-corrected chi connectivity index (χ4v) is 2.13. The standard InChI is InChI=1S/C12H18N4O4/c1-6-9(7(2)16-15-6)14-11(19)13-8-4-20-5-12(8,3)10(17)18/h8H,4-5H2,1-3H3,(H,15,16)(H,17,18)(H2,13,14,19). The summed E-state index contributed by atoms with van der Waals surface area (Å²) in [4.78, 5) is 23.2. The van der Waals surface area contributed by atoms with E-state index in [4.69, 9.17) is 4.74 Å². The van der Waals surface area contributed by atoms with E-state index in [1.807, 2.05) is 0 Å². The number of carboxylic acids is 1. The molecule has 0 aromatic carbocycles. The van der Waals surface area contributed by atoms with Gasteiger partial charge in [-0.2, -0.15) is 5.10 Å². The normalized spacial score (nSPS) is 25.4. The Kier molecular flexibility index (Phi) is 3.67. The summed E-state index contributed by atoms with van der Waals surface area (Å²) < 4.78 is 5.18. The molecule has 1 aromatic rings. The van der Waals surface area contributed by atoms with Gasteiger partial charge in [0, 0.05) is 0 Å². The Labute approximate surface area is 115 Å². The maximum Gasteiger partial charge on any atom is 0.319 e. The first-order chi connectivity index (χ1) is 9.34. The molecule has 0 radical (unpaired) electrons. The van der Waals surface area contributed by atoms with E-state index in [1.54, 1.807) is 20.8 Å². The zero-order valence-electron chi connectivity index (χ0n) is 11.6. The number of hydrogen-bond acceptors (Lipinski definition) is 4. The van der Waals surface area contributed by atoms with E-state index >= 15 is 0 Å². The molecule has 20 heavy (non-hydrogen) atoms. The van der Waals surface area contributed by atoms with Gasteiger partial charge in [0.1, 0.15) is 5.41 Å². The van der Waals surface area contributed by atoms with E-state index in [9.17, 15) is 14.7 Å². The van der Waals surface area contributed by atoms with E-state index in [1.165, 1.54) is 0 Å². The van der Waals surface area contributed by atoms with Gasteiger partial charge < -0.3 is 20.5 Å². The number of carbonyl (C=O) groups is 2. The second-order valence-electron chi connectivity index (χ2n) is 5.20. The fraction of sp³-hybridized carbons (Fsp3) is 0.583. The SMILES string of the molecule is Cc1n[nH]c(C)c1NC(=O)NC1COCC1(C)C(=O)O. The number of rotatable bonds is 3. The molecule has 1 aromatic heterocycles. The minimum atomic E-state index is -1.11. The number of H-pyrrole nitrogens is 1. The predicted molar refractivity (Wildman–Crippen MR) is 70.6 cm³/mol. The summed E-state index contributed by atoms with van der Waals surface area (Å²) in [5.41, 5.74) is 0.888. The van der Waals surface area contributed by atoms with Crippen LogP contribution in [0.4, 0.5) is 10.5 Å². The van der Waals surface area contributed by atoms with Gasteiger partial charge in [-0.1, -0.05) is 0 Å². The van der Waals surface area contributed by atoms with Crippen molar-refractivity contribution < 1.29 is 19.4 Å². The Morgan fingerprint density at radius 1 is 1.50 bits per heavy atom. The van der Waals surface area contributed by atoms with Gasteiger partial charge in [-0.15, -0.1) is 0 Å². The molecule has 2 heterocycles. The molecular weight excluding hydrogens is 264 g/mol. The summed E-state index contributed by atoms with van der Waals surface area (Å²) in [5, 5.41) is 21.3. The van der Waals surface area contributed by atoms with Gasteiger partial charge in [0.05, 0.1) is 36.3 Å². The van der Waals surface area contributed by atoms with Crippen molar-refractivity contribution >= 4 is 17.7 Å². The van der Waals surface area contributed by atoms with Gasteiger partial charge in [0.15, 0.2) is 0 Å². The lowest BCUT2D eigenvalue weighted by Gasteiger charge is -2.25. The number of aryl methyl sites for hydroxylation is 2. The van der Waals surface area contributed by atoms with Crippen molar-refractivity contribution in [2.24, 2.45) is 5.41 Å². The van der Waals surface area contributed by atoms with E-state index in [0.29, 0.717) is 11.4 Å². The lowest BCUT2D eigenvalue weighted by Crippen LogP contribution is -2.50. The molecule has 1 fully saturated rings. The van der Waals surface area contributed by atoms with Crippen LogP contribution in [-0.2, 0) is 9.53 Å². The highest BCUT2D eigenvalue weighted by molar-refractivity contribution is 5.91. The number of hydrogen-bond donors (Lipinski definition) is 4. The molecule has 1 saturated heterocycles. The van der Waals surface area contributed by atoms with Crippen molar-refractivity contribution in [2.45, 2.75) is 26.8 Å². The van der Waals surface area contributed by atoms with Gasteiger partial charge in [0.25, 0.3) is 0 Å². The van der Waals surface area contributed by atoms with Crippen molar-refractivity contribution in [2.75, 3.05) is 18.5 Å². The summed E-state index contributed by atoms with van der Waals surface area (Å²) >= 11 is 0. The number of carbonyl (C=O) groups excluding carboxylic acids is 1. The molecule has 0 aliphatic carbocycles. The molecule has 2 rings (SSSR count). The van der Waals surface area contributed by atoms with Crippen LogP contribution >= 0.6 is 0 Å². The van der Waals surface area contributed by atoms with Gasteiger partial charge in [-0.25, -0.2) is 4.79 Å². The van der Waals surface area contributed by atoms with E-state index < -0.39 is 23.5 Å². The number of aromatic nitrogens is 2. The third-order valence-electron chi connectivity index (χ3n) is 3.62. The molecule has 0 spiro atoms. The Hall–Kier alpha value is -2.09. The smallest absolute Gasteiger partial charge is 0.319 e. The predicted octanol–water partition coefficient (Wildman–Crippen LogP) is 0.638. The minimum absolute atomic E-state index is 0.0804. The Bertz CT molecular complexity index is 522. The van der Waals surface area contributed by atoms with Gasteiger partial charge in [-0.3, -0.25) is 9.89 Å². The molecule has 2 unspecified atom stereocenters. The van der Waals surface area contributed by atoms with Gasteiger partial charge in [0.2, 0.25) is 0 Å². The van der Waals surface area contributed by atoms with Crippen LogP contribution in [0.25, 0.3) is 0 Å². The topological polar surface area (TPSA) is 116 Å². The number of aliphatic carboxylic acids is 1. The van der Waals surface area contributed by atoms with E-state index in [0.717, 1.165) is 5.69 Å². The first-order valence-electron chi connectivity index (χ1n) is 6.25. The molecule has 8 nitrogen and oxygen atoms in total. The molecule has 8 heteroatoms. The lowest BCUT2D eigenvalue weighted by molar-refractivity contribution is -0.148. The summed E-state index contributed by atoms with van der Waals surface area (Å²) in [7, 11) is 0. The summed E-state index contributed by atoms with van der Waals surface area (Å²) in [5.74, 6) is -0.990. The van der Waals surface area contributed by atoms with Crippen molar-refractivity contribution in [3.63, 3.8) is 0 Å². The second-order valence-corrected chi connectivity index (χ2v) is 5.20. The van der Waals surface area contributed by atoms with Gasteiger partial charge in [-0.05, 0) is 20.8 Å². The molecule has 2 atom stereocenters. The van der Waals surface area contributed by atoms with Crippen LogP contribution in [0.15, 0.2) is 0 Å². The van der Waals surface area contributed by atoms with E-state index in [2.05, 4.69) is 20.8 Å². The van der Waals surface area contributed by atoms with Crippen LogP contribution in [0.5, 0.6) is 0 Å². The number of urea groups is 1. The highest BCUT2D eigenvalue weighted by atomic mass is 16.5. The average molecular weight is 282 g/mol. The molecule has 4 N–H and O–H groups in total. The largest absolute Gasteiger partial charge is 0.481 e. The highest BCUT2D eigenvalue weighted by Crippen LogP contribution is 2.28. The number of anilines is 1. The Balaban J connectivity index is 2.03. The average Bonchev–Trinajstić information content (AvgIpc) is 2.88. The van der Waals surface area contributed by atoms with Gasteiger partial charge >= 0.3 is 12.0 Å². The maximum atomic E-state index is 12.0. The maximum absolute atomic E-state index is 12.0. The zero-order valence-corrected chi connectivity index (χ0v) is 11.6. The fourth-order valence-electron chi connectivity index (χ4n) is 2.13. The molecule has 0 saturated carbocycles. The third kappa shape index (κ3) is 2.46. The summed E-state index contributed by atoms with van der Waals surface area (Å²) in [6.07, 6.45) is 0. The van der Waals surface area contributed by atoms with Crippen LogP contribution in [0.1, 0.15) is 18.3 Å². The van der Waals surface area contributed by atoms with Crippen LogP contribution in [0.3, 0.4) is 0 Å². The Morgan fingerprint density at radius 3 is 2.75 bits per heavy atom. The van der Waals surface area contributed by atoms with Crippen LogP contribution in [0, 0.1) is 19.3 Å². The molecule has 1 aliphatic heterocycles. The minimum Gasteiger partial charge on any atom is -0.481 e. The first kappa shape index (κ1) is 14.3. The van der Waals surface area contributed by atoms with Crippen LogP contribution in [0.2, 0.25) is 0 Å². The van der Waals surface area contributed by atoms with Crippen molar-refractivity contribution in [1.29, 1.82) is 0 Å². The molecule has 0 bridgehead atoms. The van der Waals surface area contributed by atoms with Crippen LogP contribution in [-0.4, -0.2) is 46.6 Å². The monoisotopic (exact) mass is 282 g/mol. The summed E-state index contributed by atoms with van der Waals surface area (Å²) in [6.45, 7) is 5.37. The highest BCUT2D eigenvalue weighted by Gasteiger charge is 2.47. The number of nitrogens with one attached hydrogen (secondary N) is 3. The number of nitrogens with zero attached hydrogens (tertiary/aromatic N) is 1. The first-order valence-corrected chi connectivity index (χ1v) is 6.25. The number of carboxylic acid groups (broad SMARTS) is 1. The summed E-state index contributed by atoms with van der Waals surface area (Å²) in [6, 6.07) is -1.05. The third-order valence-corrected chi connectivity index (χ3v) is 3.62. The van der Waals surface area contributed by atoms with Crippen molar-refractivity contribution in [3.05, 3.63) is 11.4 Å². The number of amides is 2. The number of ether oxygens (including phenoxy) is 1.